The van der Waals surface area contributed by atoms with Crippen molar-refractivity contribution in [3.63, 3.8) is 0 Å². The van der Waals surface area contributed by atoms with Crippen LogP contribution in [0.2, 0.25) is 0 Å². The van der Waals surface area contributed by atoms with Gasteiger partial charge in [0.2, 0.25) is 11.8 Å². The molecule has 0 saturated carbocycles. The molecule has 0 radical (unpaired) electrons. The highest BCUT2D eigenvalue weighted by atomic mass is 16.5. The van der Waals surface area contributed by atoms with Crippen LogP contribution in [0.15, 0.2) is 42.6 Å². The van der Waals surface area contributed by atoms with Gasteiger partial charge in [-0.15, -0.1) is 0 Å². The van der Waals surface area contributed by atoms with Gasteiger partial charge in [-0.05, 0) is 24.3 Å². The molecule has 2 rings (SSSR count). The van der Waals surface area contributed by atoms with Gasteiger partial charge >= 0.3 is 5.97 Å². The standard InChI is InChI=1S/C14H12N2O4/c1-9(17)16-11-6-2-3-7-12(11)20-13-10(14(18)19)5-4-8-15-13/h2-8H,1H3,(H,16,17)(H,18,19). The third-order valence-corrected chi connectivity index (χ3v) is 2.41. The third kappa shape index (κ3) is 3.11. The van der Waals surface area contributed by atoms with Gasteiger partial charge in [-0.3, -0.25) is 4.79 Å². The number of carbonyl (C=O) groups is 2. The molecule has 2 N–H and O–H groups in total. The number of carboxylic acid groups (broad SMARTS) is 1. The van der Waals surface area contributed by atoms with E-state index in [2.05, 4.69) is 10.3 Å². The van der Waals surface area contributed by atoms with E-state index in [4.69, 9.17) is 9.84 Å². The third-order valence-electron chi connectivity index (χ3n) is 2.41. The Morgan fingerprint density at radius 2 is 1.95 bits per heavy atom. The zero-order valence-electron chi connectivity index (χ0n) is 10.7. The predicted molar refractivity (Wildman–Crippen MR) is 72.0 cm³/mol. The number of aromatic carboxylic acids is 1. The van der Waals surface area contributed by atoms with Gasteiger partial charge in [0.1, 0.15) is 5.56 Å². The molecule has 0 aliphatic heterocycles. The number of nitrogens with one attached hydrogen (secondary N) is 1. The number of aromatic nitrogens is 1. The van der Waals surface area contributed by atoms with E-state index in [0.29, 0.717) is 11.4 Å². The Bertz CT molecular complexity index is 655. The number of pyridine rings is 1. The number of hydrogen-bond acceptors (Lipinski definition) is 4. The van der Waals surface area contributed by atoms with Crippen LogP contribution >= 0.6 is 0 Å². The first kappa shape index (κ1) is 13.5. The maximum Gasteiger partial charge on any atom is 0.341 e. The zero-order valence-corrected chi connectivity index (χ0v) is 10.7. The summed E-state index contributed by atoms with van der Waals surface area (Å²) in [6.45, 7) is 1.38. The first-order valence-corrected chi connectivity index (χ1v) is 5.80. The molecule has 1 amide bonds. The number of carbonyl (C=O) groups excluding carboxylic acids is 1. The number of ether oxygens (including phenoxy) is 1. The van der Waals surface area contributed by atoms with Crippen molar-refractivity contribution in [3.05, 3.63) is 48.2 Å². The molecule has 6 nitrogen and oxygen atoms in total. The Balaban J connectivity index is 2.35. The van der Waals surface area contributed by atoms with Crippen molar-refractivity contribution in [2.75, 3.05) is 5.32 Å². The fourth-order valence-corrected chi connectivity index (χ4v) is 1.59. The molecule has 0 atom stereocenters. The quantitative estimate of drug-likeness (QED) is 0.892. The highest BCUT2D eigenvalue weighted by Crippen LogP contribution is 2.29. The van der Waals surface area contributed by atoms with E-state index in [1.165, 1.54) is 25.3 Å². The van der Waals surface area contributed by atoms with Crippen molar-refractivity contribution in [1.82, 2.24) is 4.98 Å². The molecule has 0 aliphatic rings. The van der Waals surface area contributed by atoms with E-state index < -0.39 is 5.97 Å². The van der Waals surface area contributed by atoms with Crippen LogP contribution in [0.3, 0.4) is 0 Å². The van der Waals surface area contributed by atoms with Crippen molar-refractivity contribution < 1.29 is 19.4 Å². The average Bonchev–Trinajstić information content (AvgIpc) is 2.41. The Kier molecular flexibility index (Phi) is 3.95. The summed E-state index contributed by atoms with van der Waals surface area (Å²) in [6.07, 6.45) is 1.43. The average molecular weight is 272 g/mol. The molecule has 20 heavy (non-hydrogen) atoms. The zero-order chi connectivity index (χ0) is 14.5. The van der Waals surface area contributed by atoms with Gasteiger partial charge in [0.25, 0.3) is 0 Å². The largest absolute Gasteiger partial charge is 0.477 e. The molecule has 1 heterocycles. The first-order valence-electron chi connectivity index (χ1n) is 5.80. The van der Waals surface area contributed by atoms with Gasteiger partial charge in [0.05, 0.1) is 5.69 Å². The molecule has 0 bridgehead atoms. The molecule has 1 aromatic carbocycles. The normalized spacial score (nSPS) is 9.85. The minimum Gasteiger partial charge on any atom is -0.477 e. The molecule has 0 unspecified atom stereocenters. The summed E-state index contributed by atoms with van der Waals surface area (Å²) in [4.78, 5) is 26.1. The highest BCUT2D eigenvalue weighted by molar-refractivity contribution is 5.91. The number of benzene rings is 1. The van der Waals surface area contributed by atoms with Gasteiger partial charge in [-0.2, -0.15) is 0 Å². The second-order valence-corrected chi connectivity index (χ2v) is 3.94. The summed E-state index contributed by atoms with van der Waals surface area (Å²) >= 11 is 0. The summed E-state index contributed by atoms with van der Waals surface area (Å²) < 4.78 is 5.50. The fourth-order valence-electron chi connectivity index (χ4n) is 1.59. The van der Waals surface area contributed by atoms with Crippen LogP contribution in [0, 0.1) is 0 Å². The summed E-state index contributed by atoms with van der Waals surface area (Å²) in [6, 6.07) is 9.62. The van der Waals surface area contributed by atoms with Crippen LogP contribution in [0.4, 0.5) is 5.69 Å². The minimum absolute atomic E-state index is 0.0298. The van der Waals surface area contributed by atoms with Gasteiger partial charge < -0.3 is 15.2 Å². The second-order valence-electron chi connectivity index (χ2n) is 3.94. The molecule has 0 aliphatic carbocycles. The number of nitrogens with zero attached hydrogens (tertiary/aromatic N) is 1. The van der Waals surface area contributed by atoms with E-state index in [9.17, 15) is 9.59 Å². The van der Waals surface area contributed by atoms with E-state index in [0.717, 1.165) is 0 Å². The van der Waals surface area contributed by atoms with Crippen LogP contribution in [0.5, 0.6) is 11.6 Å². The highest BCUT2D eigenvalue weighted by Gasteiger charge is 2.14. The smallest absolute Gasteiger partial charge is 0.341 e. The number of carboxylic acids is 1. The molecule has 2 aromatic rings. The molecular weight excluding hydrogens is 260 g/mol. The summed E-state index contributed by atoms with van der Waals surface area (Å²) in [5.74, 6) is -1.09. The van der Waals surface area contributed by atoms with Crippen LogP contribution < -0.4 is 10.1 Å². The summed E-state index contributed by atoms with van der Waals surface area (Å²) in [5, 5.41) is 11.7. The van der Waals surface area contributed by atoms with Gasteiger partial charge in [-0.25, -0.2) is 9.78 Å². The first-order chi connectivity index (χ1) is 9.58. The number of hydrogen-bond donors (Lipinski definition) is 2. The molecule has 6 heteroatoms. The lowest BCUT2D eigenvalue weighted by atomic mass is 10.2. The lowest BCUT2D eigenvalue weighted by molar-refractivity contribution is -0.114. The second kappa shape index (κ2) is 5.83. The van der Waals surface area contributed by atoms with Crippen LogP contribution in [-0.4, -0.2) is 22.0 Å². The van der Waals surface area contributed by atoms with Gasteiger partial charge in [-0.1, -0.05) is 12.1 Å². The van der Waals surface area contributed by atoms with Crippen LogP contribution in [0.25, 0.3) is 0 Å². The summed E-state index contributed by atoms with van der Waals surface area (Å²) in [5.41, 5.74) is 0.395. The van der Waals surface area contributed by atoms with E-state index in [1.807, 2.05) is 0 Å². The van der Waals surface area contributed by atoms with Crippen LogP contribution in [0.1, 0.15) is 17.3 Å². The van der Waals surface area contributed by atoms with Crippen LogP contribution in [-0.2, 0) is 4.79 Å². The number of anilines is 1. The van der Waals surface area contributed by atoms with Crippen molar-refractivity contribution >= 4 is 17.6 Å². The maximum atomic E-state index is 11.1. The monoisotopic (exact) mass is 272 g/mol. The van der Waals surface area contributed by atoms with Crippen molar-refractivity contribution in [1.29, 1.82) is 0 Å². The topological polar surface area (TPSA) is 88.5 Å². The lowest BCUT2D eigenvalue weighted by Crippen LogP contribution is -2.07. The van der Waals surface area contributed by atoms with E-state index in [-0.39, 0.29) is 17.4 Å². The molecule has 0 saturated heterocycles. The lowest BCUT2D eigenvalue weighted by Gasteiger charge is -2.11. The Labute approximate surface area is 115 Å². The van der Waals surface area contributed by atoms with Crippen molar-refractivity contribution in [3.8, 4) is 11.6 Å². The Hall–Kier alpha value is -2.89. The van der Waals surface area contributed by atoms with Gasteiger partial charge in [0, 0.05) is 13.1 Å². The minimum atomic E-state index is -1.13. The van der Waals surface area contributed by atoms with Gasteiger partial charge in [0.15, 0.2) is 5.75 Å². The molecule has 0 fully saturated rings. The maximum absolute atomic E-state index is 11.1. The molecule has 0 spiro atoms. The van der Waals surface area contributed by atoms with E-state index in [1.54, 1.807) is 24.3 Å². The van der Waals surface area contributed by atoms with Crippen molar-refractivity contribution in [2.45, 2.75) is 6.92 Å². The molecular formula is C14H12N2O4. The molecule has 1 aromatic heterocycles. The SMILES string of the molecule is CC(=O)Nc1ccccc1Oc1ncccc1C(=O)O. The Morgan fingerprint density at radius 1 is 1.20 bits per heavy atom. The van der Waals surface area contributed by atoms with Crippen molar-refractivity contribution in [2.24, 2.45) is 0 Å². The molecule has 102 valence electrons. The Morgan fingerprint density at radius 3 is 2.65 bits per heavy atom. The number of rotatable bonds is 4. The van der Waals surface area contributed by atoms with E-state index >= 15 is 0 Å². The number of amides is 1. The fraction of sp³-hybridized carbons (Fsp3) is 0.0714. The summed E-state index contributed by atoms with van der Waals surface area (Å²) in [7, 11) is 0. The predicted octanol–water partition coefficient (Wildman–Crippen LogP) is 2.53. The number of para-hydroxylation sites is 2.